The Morgan fingerprint density at radius 1 is 1.14 bits per heavy atom. The standard InChI is InChI=1S/C17H23NO4/c19-15(20)11-5-10-1-2-17(16(21)22,7-12(10)6-11)13-3-9-4-14(13)18-8-9/h1-2,9-14,18H,3-8H2,(H,19,20)(H,21,22). The monoisotopic (exact) mass is 305 g/mol. The number of rotatable bonds is 3. The van der Waals surface area contributed by atoms with Crippen molar-refractivity contribution in [1.82, 2.24) is 5.32 Å². The van der Waals surface area contributed by atoms with Crippen LogP contribution < -0.4 is 5.32 Å². The lowest BCUT2D eigenvalue weighted by atomic mass is 9.62. The Bertz CT molecular complexity index is 545. The number of hydrogen-bond donors (Lipinski definition) is 3. The molecule has 2 saturated carbocycles. The zero-order chi connectivity index (χ0) is 15.5. The van der Waals surface area contributed by atoms with Crippen molar-refractivity contribution in [2.24, 2.45) is 35.0 Å². The molecule has 120 valence electrons. The van der Waals surface area contributed by atoms with Crippen LogP contribution in [0.5, 0.6) is 0 Å². The van der Waals surface area contributed by atoms with Gasteiger partial charge in [-0.1, -0.05) is 12.2 Å². The zero-order valence-electron chi connectivity index (χ0n) is 12.6. The first-order chi connectivity index (χ1) is 10.5. The maximum absolute atomic E-state index is 12.1. The third-order valence-corrected chi connectivity index (χ3v) is 6.73. The molecule has 3 N–H and O–H groups in total. The minimum atomic E-state index is -0.790. The van der Waals surface area contributed by atoms with Crippen LogP contribution in [0.15, 0.2) is 12.2 Å². The molecule has 1 aliphatic heterocycles. The van der Waals surface area contributed by atoms with Gasteiger partial charge in [0.05, 0.1) is 11.3 Å². The number of carboxylic acid groups (broad SMARTS) is 2. The van der Waals surface area contributed by atoms with Crippen molar-refractivity contribution in [2.45, 2.75) is 38.1 Å². The summed E-state index contributed by atoms with van der Waals surface area (Å²) < 4.78 is 0. The number of piperidine rings is 1. The second-order valence-electron chi connectivity index (χ2n) is 7.80. The van der Waals surface area contributed by atoms with Gasteiger partial charge in [0, 0.05) is 6.04 Å². The molecule has 0 aromatic heterocycles. The molecule has 0 amide bonds. The van der Waals surface area contributed by atoms with E-state index in [1.165, 1.54) is 0 Å². The highest BCUT2D eigenvalue weighted by Crippen LogP contribution is 2.55. The average Bonchev–Trinajstić information content (AvgIpc) is 3.20. The fourth-order valence-electron chi connectivity index (χ4n) is 5.64. The molecule has 7 unspecified atom stereocenters. The largest absolute Gasteiger partial charge is 0.481 e. The van der Waals surface area contributed by atoms with E-state index in [9.17, 15) is 19.8 Å². The van der Waals surface area contributed by atoms with Gasteiger partial charge in [-0.3, -0.25) is 9.59 Å². The molecule has 3 aliphatic carbocycles. The summed E-state index contributed by atoms with van der Waals surface area (Å²) in [6.45, 7) is 1.02. The third kappa shape index (κ3) is 1.94. The summed E-state index contributed by atoms with van der Waals surface area (Å²) in [6.07, 6.45) is 7.95. The van der Waals surface area contributed by atoms with Gasteiger partial charge >= 0.3 is 11.9 Å². The molecule has 0 aromatic carbocycles. The summed E-state index contributed by atoms with van der Waals surface area (Å²) in [5.74, 6) is -0.521. The fourth-order valence-corrected chi connectivity index (χ4v) is 5.64. The van der Waals surface area contributed by atoms with E-state index in [-0.39, 0.29) is 23.7 Å². The van der Waals surface area contributed by atoms with Crippen LogP contribution in [-0.4, -0.2) is 34.7 Å². The number of carbonyl (C=O) groups is 2. The Hall–Kier alpha value is -1.36. The smallest absolute Gasteiger partial charge is 0.313 e. The van der Waals surface area contributed by atoms with Gasteiger partial charge in [0.25, 0.3) is 0 Å². The van der Waals surface area contributed by atoms with Crippen molar-refractivity contribution in [3.63, 3.8) is 0 Å². The molecule has 5 nitrogen and oxygen atoms in total. The van der Waals surface area contributed by atoms with E-state index in [0.29, 0.717) is 31.2 Å². The molecule has 1 heterocycles. The molecule has 4 rings (SSSR count). The Morgan fingerprint density at radius 2 is 1.95 bits per heavy atom. The van der Waals surface area contributed by atoms with Crippen molar-refractivity contribution in [1.29, 1.82) is 0 Å². The van der Waals surface area contributed by atoms with Crippen molar-refractivity contribution in [2.75, 3.05) is 6.54 Å². The van der Waals surface area contributed by atoms with Crippen LogP contribution in [0.3, 0.4) is 0 Å². The summed E-state index contributed by atoms with van der Waals surface area (Å²) in [4.78, 5) is 23.4. The lowest BCUT2D eigenvalue weighted by Gasteiger charge is -2.42. The van der Waals surface area contributed by atoms with Gasteiger partial charge in [0.2, 0.25) is 0 Å². The zero-order valence-corrected chi connectivity index (χ0v) is 12.6. The number of aliphatic carboxylic acids is 2. The highest BCUT2D eigenvalue weighted by Gasteiger charge is 2.56. The molecule has 5 heteroatoms. The van der Waals surface area contributed by atoms with Crippen LogP contribution in [0, 0.1) is 35.0 Å². The average molecular weight is 305 g/mol. The molecular formula is C17H23NO4. The molecule has 0 aromatic rings. The van der Waals surface area contributed by atoms with Gasteiger partial charge in [0.1, 0.15) is 0 Å². The Balaban J connectivity index is 1.61. The highest BCUT2D eigenvalue weighted by molar-refractivity contribution is 5.78. The first-order valence-electron chi connectivity index (χ1n) is 8.38. The van der Waals surface area contributed by atoms with E-state index in [4.69, 9.17) is 0 Å². The van der Waals surface area contributed by atoms with Crippen molar-refractivity contribution in [3.05, 3.63) is 12.2 Å². The highest BCUT2D eigenvalue weighted by atomic mass is 16.4. The number of allylic oxidation sites excluding steroid dienone is 1. The normalized spacial score (nSPS) is 49.3. The van der Waals surface area contributed by atoms with E-state index < -0.39 is 17.4 Å². The number of nitrogens with one attached hydrogen (secondary N) is 1. The SMILES string of the molecule is O=C(O)C1CC2C=CC(C(=O)O)(C3CC4CNC3C4)CC2C1. The summed E-state index contributed by atoms with van der Waals surface area (Å²) >= 11 is 0. The summed E-state index contributed by atoms with van der Waals surface area (Å²) in [7, 11) is 0. The van der Waals surface area contributed by atoms with E-state index in [0.717, 1.165) is 19.4 Å². The predicted octanol–water partition coefficient (Wildman–Crippen LogP) is 1.74. The van der Waals surface area contributed by atoms with Gasteiger partial charge in [-0.25, -0.2) is 0 Å². The van der Waals surface area contributed by atoms with Crippen LogP contribution in [0.2, 0.25) is 0 Å². The van der Waals surface area contributed by atoms with Crippen LogP contribution in [0.4, 0.5) is 0 Å². The van der Waals surface area contributed by atoms with Crippen LogP contribution >= 0.6 is 0 Å². The fraction of sp³-hybridized carbons (Fsp3) is 0.765. The number of carboxylic acids is 2. The van der Waals surface area contributed by atoms with E-state index in [1.807, 2.05) is 12.2 Å². The lowest BCUT2D eigenvalue weighted by Crippen LogP contribution is -2.49. The van der Waals surface area contributed by atoms with Crippen molar-refractivity contribution < 1.29 is 19.8 Å². The summed E-state index contributed by atoms with van der Waals surface area (Å²) in [5, 5.41) is 22.7. The molecule has 3 fully saturated rings. The Kier molecular flexibility index (Phi) is 3.12. The van der Waals surface area contributed by atoms with Crippen molar-refractivity contribution in [3.8, 4) is 0 Å². The Labute approximate surface area is 129 Å². The van der Waals surface area contributed by atoms with Gasteiger partial charge in [-0.15, -0.1) is 0 Å². The molecule has 1 saturated heterocycles. The second kappa shape index (κ2) is 4.82. The minimum absolute atomic E-state index is 0.157. The third-order valence-electron chi connectivity index (χ3n) is 6.73. The summed E-state index contributed by atoms with van der Waals surface area (Å²) in [6, 6.07) is 0.318. The maximum atomic E-state index is 12.1. The van der Waals surface area contributed by atoms with E-state index in [1.54, 1.807) is 0 Å². The Morgan fingerprint density at radius 3 is 2.55 bits per heavy atom. The van der Waals surface area contributed by atoms with Crippen LogP contribution in [-0.2, 0) is 9.59 Å². The quantitative estimate of drug-likeness (QED) is 0.691. The van der Waals surface area contributed by atoms with Crippen LogP contribution in [0.25, 0.3) is 0 Å². The molecule has 22 heavy (non-hydrogen) atoms. The molecule has 2 bridgehead atoms. The molecule has 0 radical (unpaired) electrons. The second-order valence-corrected chi connectivity index (χ2v) is 7.80. The molecule has 4 aliphatic rings. The number of hydrogen-bond acceptors (Lipinski definition) is 3. The first kappa shape index (κ1) is 14.2. The van der Waals surface area contributed by atoms with Gasteiger partial charge < -0.3 is 15.5 Å². The molecule has 7 atom stereocenters. The van der Waals surface area contributed by atoms with E-state index >= 15 is 0 Å². The number of fused-ring (bicyclic) bond motifs is 3. The topological polar surface area (TPSA) is 86.6 Å². The lowest BCUT2D eigenvalue weighted by molar-refractivity contribution is -0.151. The van der Waals surface area contributed by atoms with Crippen LogP contribution in [0.1, 0.15) is 32.1 Å². The summed E-state index contributed by atoms with van der Waals surface area (Å²) in [5.41, 5.74) is -0.790. The van der Waals surface area contributed by atoms with Gasteiger partial charge in [0.15, 0.2) is 0 Å². The molecular weight excluding hydrogens is 282 g/mol. The first-order valence-corrected chi connectivity index (χ1v) is 8.38. The minimum Gasteiger partial charge on any atom is -0.481 e. The maximum Gasteiger partial charge on any atom is 0.313 e. The van der Waals surface area contributed by atoms with E-state index in [2.05, 4.69) is 5.32 Å². The van der Waals surface area contributed by atoms with Gasteiger partial charge in [-0.2, -0.15) is 0 Å². The van der Waals surface area contributed by atoms with Crippen molar-refractivity contribution >= 4 is 11.9 Å². The molecule has 0 spiro atoms. The van der Waals surface area contributed by atoms with Gasteiger partial charge in [-0.05, 0) is 62.3 Å². The predicted molar refractivity (Wildman–Crippen MR) is 79.2 cm³/mol.